The van der Waals surface area contributed by atoms with Crippen LogP contribution in [0.5, 0.6) is 0 Å². The van der Waals surface area contributed by atoms with Crippen molar-refractivity contribution >= 4 is 11.9 Å². The first-order valence-electron chi connectivity index (χ1n) is 8.78. The van der Waals surface area contributed by atoms with E-state index in [1.54, 1.807) is 15.8 Å². The van der Waals surface area contributed by atoms with Gasteiger partial charge < -0.3 is 10.1 Å². The first-order chi connectivity index (χ1) is 12.1. The van der Waals surface area contributed by atoms with E-state index in [0.29, 0.717) is 13.1 Å². The molecule has 1 aromatic rings. The van der Waals surface area contributed by atoms with Gasteiger partial charge >= 0.3 is 5.97 Å². The van der Waals surface area contributed by atoms with Gasteiger partial charge in [0.25, 0.3) is 0 Å². The predicted molar refractivity (Wildman–Crippen MR) is 94.7 cm³/mol. The molecule has 0 radical (unpaired) electrons. The molecule has 0 atom stereocenters. The van der Waals surface area contributed by atoms with Crippen LogP contribution in [0.25, 0.3) is 0 Å². The maximum Gasteiger partial charge on any atom is 0.319 e. The van der Waals surface area contributed by atoms with E-state index in [4.69, 9.17) is 4.74 Å². The van der Waals surface area contributed by atoms with Crippen molar-refractivity contribution < 1.29 is 14.3 Å². The molecule has 7 nitrogen and oxygen atoms in total. The Balaban J connectivity index is 1.80. The number of aromatic nitrogens is 2. The fourth-order valence-corrected chi connectivity index (χ4v) is 2.98. The van der Waals surface area contributed by atoms with E-state index in [0.717, 1.165) is 24.8 Å². The normalized spacial score (nSPS) is 14.3. The number of amides is 1. The summed E-state index contributed by atoms with van der Waals surface area (Å²) in [5.74, 6) is -0.437. The van der Waals surface area contributed by atoms with Crippen LogP contribution in [0.3, 0.4) is 0 Å². The molecule has 1 N–H and O–H groups in total. The largest absolute Gasteiger partial charge is 0.468 e. The van der Waals surface area contributed by atoms with E-state index < -0.39 is 0 Å². The molecular weight excluding hydrogens is 320 g/mol. The summed E-state index contributed by atoms with van der Waals surface area (Å²) >= 11 is 0. The predicted octanol–water partition coefficient (Wildman–Crippen LogP) is 1.40. The fraction of sp³-hybridized carbons (Fsp3) is 0.611. The van der Waals surface area contributed by atoms with Crippen LogP contribution in [0.4, 0.5) is 0 Å². The summed E-state index contributed by atoms with van der Waals surface area (Å²) in [7, 11) is 3.18. The first kappa shape index (κ1) is 19.2. The Labute approximate surface area is 149 Å². The van der Waals surface area contributed by atoms with Gasteiger partial charge in [0, 0.05) is 31.9 Å². The number of rotatable bonds is 9. The van der Waals surface area contributed by atoms with Crippen molar-refractivity contribution in [3.8, 4) is 0 Å². The highest BCUT2D eigenvalue weighted by Crippen LogP contribution is 2.19. The summed E-state index contributed by atoms with van der Waals surface area (Å²) in [5, 5.41) is 7.06. The number of ether oxygens (including phenoxy) is 1. The van der Waals surface area contributed by atoms with E-state index >= 15 is 0 Å². The Kier molecular flexibility index (Phi) is 7.66. The van der Waals surface area contributed by atoms with Crippen molar-refractivity contribution in [3.63, 3.8) is 0 Å². The third-order valence-electron chi connectivity index (χ3n) is 4.27. The summed E-state index contributed by atoms with van der Waals surface area (Å²) in [4.78, 5) is 25.6. The molecule has 0 saturated carbocycles. The number of nitrogens with zero attached hydrogens (tertiary/aromatic N) is 3. The second-order valence-corrected chi connectivity index (χ2v) is 6.45. The zero-order valence-electron chi connectivity index (χ0n) is 15.2. The van der Waals surface area contributed by atoms with Crippen molar-refractivity contribution in [2.24, 2.45) is 7.05 Å². The molecule has 0 fully saturated rings. The third kappa shape index (κ3) is 7.09. The van der Waals surface area contributed by atoms with Crippen LogP contribution in [0, 0.1) is 0 Å². The highest BCUT2D eigenvalue weighted by atomic mass is 16.5. The van der Waals surface area contributed by atoms with Gasteiger partial charge in [-0.3, -0.25) is 19.2 Å². The highest BCUT2D eigenvalue weighted by Gasteiger charge is 2.16. The molecule has 0 saturated heterocycles. The second kappa shape index (κ2) is 9.98. The molecule has 0 unspecified atom stereocenters. The number of aryl methyl sites for hydroxylation is 1. The van der Waals surface area contributed by atoms with Crippen molar-refractivity contribution in [1.29, 1.82) is 0 Å². The van der Waals surface area contributed by atoms with Gasteiger partial charge in [0.1, 0.15) is 0 Å². The Morgan fingerprint density at radius 3 is 2.84 bits per heavy atom. The van der Waals surface area contributed by atoms with E-state index in [1.807, 2.05) is 13.2 Å². The van der Waals surface area contributed by atoms with E-state index in [9.17, 15) is 9.59 Å². The molecule has 1 aliphatic carbocycles. The van der Waals surface area contributed by atoms with Crippen molar-refractivity contribution in [2.45, 2.75) is 38.6 Å². The zero-order chi connectivity index (χ0) is 18.1. The minimum absolute atomic E-state index is 0.0734. The zero-order valence-corrected chi connectivity index (χ0v) is 15.2. The summed E-state index contributed by atoms with van der Waals surface area (Å²) < 4.78 is 6.42. The lowest BCUT2D eigenvalue weighted by molar-refractivity contribution is -0.142. The van der Waals surface area contributed by atoms with Crippen molar-refractivity contribution in [1.82, 2.24) is 20.0 Å². The molecule has 2 rings (SSSR count). The number of allylic oxidation sites excluding steroid dienone is 1. The number of methoxy groups -OCH3 is 1. The molecule has 7 heteroatoms. The minimum Gasteiger partial charge on any atom is -0.468 e. The minimum atomic E-state index is -0.357. The molecule has 1 aliphatic rings. The standard InChI is InChI=1S/C18H28N4O3/c1-21-11-16(10-20-21)12-22(14-18(24)25-2)13-17(23)19-9-8-15-6-4-3-5-7-15/h6,10-11H,3-5,7-9,12-14H2,1-2H3,(H,19,23). The molecule has 138 valence electrons. The maximum atomic E-state index is 12.2. The van der Waals surface area contributed by atoms with E-state index in [2.05, 4.69) is 16.5 Å². The molecule has 0 spiro atoms. The van der Waals surface area contributed by atoms with E-state index in [-0.39, 0.29) is 25.0 Å². The van der Waals surface area contributed by atoms with Gasteiger partial charge in [-0.25, -0.2) is 0 Å². The number of carbonyl (C=O) groups is 2. The topological polar surface area (TPSA) is 76.5 Å². The Hall–Kier alpha value is -2.15. The van der Waals surface area contributed by atoms with Crippen LogP contribution >= 0.6 is 0 Å². The van der Waals surface area contributed by atoms with Gasteiger partial charge in [0.2, 0.25) is 5.91 Å². The number of nitrogens with one attached hydrogen (secondary N) is 1. The number of carbonyl (C=O) groups excluding carboxylic acids is 2. The summed E-state index contributed by atoms with van der Waals surface area (Å²) in [6.45, 7) is 1.35. The maximum absolute atomic E-state index is 12.2. The second-order valence-electron chi connectivity index (χ2n) is 6.45. The van der Waals surface area contributed by atoms with Crippen LogP contribution in [-0.4, -0.2) is 53.3 Å². The lowest BCUT2D eigenvalue weighted by Crippen LogP contribution is -2.40. The Morgan fingerprint density at radius 2 is 2.20 bits per heavy atom. The Bertz CT molecular complexity index is 609. The quantitative estimate of drug-likeness (QED) is 0.539. The lowest BCUT2D eigenvalue weighted by atomic mass is 9.97. The highest BCUT2D eigenvalue weighted by molar-refractivity contribution is 5.79. The van der Waals surface area contributed by atoms with Crippen molar-refractivity contribution in [2.75, 3.05) is 26.7 Å². The van der Waals surface area contributed by atoms with Crippen LogP contribution in [0.1, 0.15) is 37.7 Å². The molecule has 1 heterocycles. The van der Waals surface area contributed by atoms with Gasteiger partial charge in [0.15, 0.2) is 0 Å². The molecule has 1 amide bonds. The molecule has 0 aliphatic heterocycles. The SMILES string of the molecule is COC(=O)CN(CC(=O)NCCC1=CCCCC1)Cc1cnn(C)c1. The summed E-state index contributed by atoms with van der Waals surface area (Å²) in [6.07, 6.45) is 11.6. The van der Waals surface area contributed by atoms with Crippen molar-refractivity contribution in [3.05, 3.63) is 29.6 Å². The van der Waals surface area contributed by atoms with Gasteiger partial charge in [0.05, 0.1) is 26.4 Å². The van der Waals surface area contributed by atoms with E-state index in [1.165, 1.54) is 25.5 Å². The summed E-state index contributed by atoms with van der Waals surface area (Å²) in [5.41, 5.74) is 2.39. The van der Waals surface area contributed by atoms with Crippen LogP contribution < -0.4 is 5.32 Å². The first-order valence-corrected chi connectivity index (χ1v) is 8.78. The smallest absolute Gasteiger partial charge is 0.319 e. The monoisotopic (exact) mass is 348 g/mol. The lowest BCUT2D eigenvalue weighted by Gasteiger charge is -2.20. The van der Waals surface area contributed by atoms with Gasteiger partial charge in [-0.2, -0.15) is 5.10 Å². The van der Waals surface area contributed by atoms with Crippen LogP contribution in [-0.2, 0) is 27.9 Å². The molecular formula is C18H28N4O3. The molecule has 1 aromatic heterocycles. The number of hydrogen-bond donors (Lipinski definition) is 1. The van der Waals surface area contributed by atoms with Crippen LogP contribution in [0.2, 0.25) is 0 Å². The molecule has 0 bridgehead atoms. The van der Waals surface area contributed by atoms with Gasteiger partial charge in [-0.15, -0.1) is 0 Å². The Morgan fingerprint density at radius 1 is 1.36 bits per heavy atom. The molecule has 0 aromatic carbocycles. The average molecular weight is 348 g/mol. The number of hydrogen-bond acceptors (Lipinski definition) is 5. The van der Waals surface area contributed by atoms with Gasteiger partial charge in [-0.05, 0) is 32.1 Å². The average Bonchev–Trinajstić information content (AvgIpc) is 3.00. The molecule has 25 heavy (non-hydrogen) atoms. The third-order valence-corrected chi connectivity index (χ3v) is 4.27. The number of esters is 1. The van der Waals surface area contributed by atoms with Crippen LogP contribution in [0.15, 0.2) is 24.0 Å². The van der Waals surface area contributed by atoms with Gasteiger partial charge in [-0.1, -0.05) is 11.6 Å². The summed E-state index contributed by atoms with van der Waals surface area (Å²) in [6, 6.07) is 0. The fourth-order valence-electron chi connectivity index (χ4n) is 2.98.